The first-order valence-electron chi connectivity index (χ1n) is 14.4. The number of nitrogens with zero attached hydrogens (tertiary/aromatic N) is 4. The van der Waals surface area contributed by atoms with E-state index < -0.39 is 0 Å². The van der Waals surface area contributed by atoms with Crippen LogP contribution in [0.15, 0.2) is 91.1 Å². The van der Waals surface area contributed by atoms with E-state index in [-0.39, 0.29) is 11.7 Å². The highest BCUT2D eigenvalue weighted by Gasteiger charge is 2.25. The second-order valence-corrected chi connectivity index (χ2v) is 11.0. The zero-order valence-corrected chi connectivity index (χ0v) is 23.5. The van der Waals surface area contributed by atoms with Crippen LogP contribution < -0.4 is 16.4 Å². The molecule has 0 spiro atoms. The molecule has 0 aliphatic heterocycles. The van der Waals surface area contributed by atoms with Crippen molar-refractivity contribution < 1.29 is 4.79 Å². The summed E-state index contributed by atoms with van der Waals surface area (Å²) >= 11 is 0. The van der Waals surface area contributed by atoms with E-state index in [1.165, 1.54) is 18.4 Å². The molecule has 2 aromatic heterocycles. The minimum atomic E-state index is -0.123. The molecule has 2 heterocycles. The molecule has 1 aliphatic carbocycles. The number of amidine groups is 1. The van der Waals surface area contributed by atoms with Crippen molar-refractivity contribution in [2.24, 2.45) is 17.4 Å². The normalized spacial score (nSPS) is 12.9. The van der Waals surface area contributed by atoms with Gasteiger partial charge in [0, 0.05) is 36.8 Å². The van der Waals surface area contributed by atoms with Crippen LogP contribution in [0, 0.1) is 11.3 Å². The number of carbonyl (C=O) groups excluding carboxylic acids is 1. The molecule has 3 aromatic carbocycles. The fourth-order valence-electron chi connectivity index (χ4n) is 5.26. The van der Waals surface area contributed by atoms with Crippen molar-refractivity contribution in [2.45, 2.75) is 45.3 Å². The maximum absolute atomic E-state index is 14.0. The third-order valence-electron chi connectivity index (χ3n) is 7.88. The minimum absolute atomic E-state index is 0.0734. The number of hydrogen-bond donors (Lipinski definition) is 3. The lowest BCUT2D eigenvalue weighted by atomic mass is 10.1. The third kappa shape index (κ3) is 6.09. The summed E-state index contributed by atoms with van der Waals surface area (Å²) in [5, 5.41) is 7.63. The number of rotatable bonds is 11. The van der Waals surface area contributed by atoms with Gasteiger partial charge in [-0.05, 0) is 72.2 Å². The molecule has 0 bridgehead atoms. The quantitative estimate of drug-likeness (QED) is 0.152. The number of aromatic nitrogens is 3. The number of nitrogens with two attached hydrogens (primary N) is 2. The Morgan fingerprint density at radius 3 is 2.29 bits per heavy atom. The summed E-state index contributed by atoms with van der Waals surface area (Å²) in [6.07, 6.45) is 5.80. The van der Waals surface area contributed by atoms with Crippen molar-refractivity contribution >= 4 is 28.6 Å². The fraction of sp³-hybridized carbons (Fsp3) is 0.235. The van der Waals surface area contributed by atoms with Crippen LogP contribution in [0.2, 0.25) is 0 Å². The molecule has 0 unspecified atom stereocenters. The second kappa shape index (κ2) is 12.0. The number of imidazole rings is 1. The number of aryl methyl sites for hydroxylation is 2. The molecule has 5 aromatic rings. The second-order valence-electron chi connectivity index (χ2n) is 11.0. The molecule has 0 saturated heterocycles. The molecule has 5 N–H and O–H groups in total. The molecule has 1 aliphatic rings. The monoisotopic (exact) mass is 557 g/mol. The molecular weight excluding hydrogens is 522 g/mol. The predicted molar refractivity (Wildman–Crippen MR) is 166 cm³/mol. The van der Waals surface area contributed by atoms with Crippen LogP contribution in [0.5, 0.6) is 0 Å². The Morgan fingerprint density at radius 1 is 0.905 bits per heavy atom. The van der Waals surface area contributed by atoms with Gasteiger partial charge in [-0.2, -0.15) is 0 Å². The molecule has 1 saturated carbocycles. The topological polar surface area (TPSA) is 127 Å². The summed E-state index contributed by atoms with van der Waals surface area (Å²) in [5.41, 5.74) is 17.8. The van der Waals surface area contributed by atoms with Gasteiger partial charge in [-0.25, -0.2) is 9.97 Å². The SMILES string of the molecule is N=C(N)c1ccc(CCc2nc3cc(C(=O)N(Cc4ccc(CN)cc4)c4ccccn4)ccc3n2CC2CC2)cc1. The summed E-state index contributed by atoms with van der Waals surface area (Å²) in [6, 6.07) is 27.3. The molecular formula is C34H35N7O. The molecule has 1 fully saturated rings. The lowest BCUT2D eigenvalue weighted by molar-refractivity contribution is 0.0984. The lowest BCUT2D eigenvalue weighted by Gasteiger charge is -2.22. The van der Waals surface area contributed by atoms with E-state index in [1.54, 1.807) is 11.1 Å². The van der Waals surface area contributed by atoms with E-state index in [0.29, 0.717) is 30.4 Å². The number of benzene rings is 3. The highest BCUT2D eigenvalue weighted by molar-refractivity contribution is 6.07. The Balaban J connectivity index is 1.29. The van der Waals surface area contributed by atoms with E-state index in [0.717, 1.165) is 52.9 Å². The van der Waals surface area contributed by atoms with Gasteiger partial charge < -0.3 is 16.0 Å². The van der Waals surface area contributed by atoms with Gasteiger partial charge >= 0.3 is 0 Å². The molecule has 1 amide bonds. The first kappa shape index (κ1) is 27.4. The highest BCUT2D eigenvalue weighted by Crippen LogP contribution is 2.33. The smallest absolute Gasteiger partial charge is 0.259 e. The van der Waals surface area contributed by atoms with E-state index >= 15 is 0 Å². The van der Waals surface area contributed by atoms with Crippen LogP contribution in [0.3, 0.4) is 0 Å². The molecule has 6 rings (SSSR count). The Hall–Kier alpha value is -4.82. The zero-order valence-electron chi connectivity index (χ0n) is 23.5. The van der Waals surface area contributed by atoms with Crippen LogP contribution in [0.4, 0.5) is 5.82 Å². The molecule has 0 radical (unpaired) electrons. The molecule has 42 heavy (non-hydrogen) atoms. The fourth-order valence-corrected chi connectivity index (χ4v) is 5.26. The summed E-state index contributed by atoms with van der Waals surface area (Å²) in [5.74, 6) is 2.26. The van der Waals surface area contributed by atoms with Gasteiger partial charge in [0.2, 0.25) is 0 Å². The maximum Gasteiger partial charge on any atom is 0.259 e. The average Bonchev–Trinajstić information content (AvgIpc) is 3.79. The van der Waals surface area contributed by atoms with Gasteiger partial charge in [0.1, 0.15) is 17.5 Å². The zero-order chi connectivity index (χ0) is 29.1. The van der Waals surface area contributed by atoms with E-state index in [1.807, 2.05) is 84.9 Å². The number of amides is 1. The van der Waals surface area contributed by atoms with Gasteiger partial charge in [0.15, 0.2) is 0 Å². The predicted octanol–water partition coefficient (Wildman–Crippen LogP) is 5.22. The number of anilines is 1. The Bertz CT molecular complexity index is 1710. The minimum Gasteiger partial charge on any atom is -0.384 e. The van der Waals surface area contributed by atoms with E-state index in [2.05, 4.69) is 9.55 Å². The number of pyridine rings is 1. The molecule has 212 valence electrons. The van der Waals surface area contributed by atoms with Crippen molar-refractivity contribution in [1.29, 1.82) is 5.41 Å². The maximum atomic E-state index is 14.0. The number of fused-ring (bicyclic) bond motifs is 1. The van der Waals surface area contributed by atoms with Gasteiger partial charge in [-0.1, -0.05) is 54.6 Å². The first-order valence-corrected chi connectivity index (χ1v) is 14.4. The van der Waals surface area contributed by atoms with Crippen LogP contribution in [0.25, 0.3) is 11.0 Å². The summed E-state index contributed by atoms with van der Waals surface area (Å²) in [7, 11) is 0. The van der Waals surface area contributed by atoms with Crippen LogP contribution in [-0.4, -0.2) is 26.3 Å². The van der Waals surface area contributed by atoms with Crippen molar-refractivity contribution in [1.82, 2.24) is 14.5 Å². The molecule has 8 nitrogen and oxygen atoms in total. The van der Waals surface area contributed by atoms with Crippen LogP contribution in [-0.2, 0) is 32.5 Å². The highest BCUT2D eigenvalue weighted by atomic mass is 16.2. The first-order chi connectivity index (χ1) is 20.5. The molecule has 0 atom stereocenters. The molecule has 8 heteroatoms. The van der Waals surface area contributed by atoms with Gasteiger partial charge in [-0.3, -0.25) is 15.1 Å². The average molecular weight is 558 g/mol. The number of nitrogens with one attached hydrogen (secondary N) is 1. The van der Waals surface area contributed by atoms with Gasteiger partial charge in [0.05, 0.1) is 17.6 Å². The van der Waals surface area contributed by atoms with Crippen molar-refractivity contribution in [3.05, 3.63) is 125 Å². The standard InChI is InChI=1S/C34H35N7O/c35-20-24-4-6-26(7-5-24)22-41(31-3-1-2-18-38-31)34(42)28-15-16-30-29(19-28)39-32(40(30)21-25-8-9-25)17-12-23-10-13-27(14-11-23)33(36)37/h1-7,10-11,13-16,18-19,25H,8-9,12,17,20-22,35H2,(H3,36,37). The van der Waals surface area contributed by atoms with E-state index in [4.69, 9.17) is 21.9 Å². The summed E-state index contributed by atoms with van der Waals surface area (Å²) in [6.45, 7) is 1.81. The Labute approximate surface area is 245 Å². The van der Waals surface area contributed by atoms with Gasteiger partial charge in [0.25, 0.3) is 5.91 Å². The van der Waals surface area contributed by atoms with Crippen molar-refractivity contribution in [3.8, 4) is 0 Å². The number of hydrogen-bond acceptors (Lipinski definition) is 5. The number of nitrogen functional groups attached to an aromatic ring is 1. The van der Waals surface area contributed by atoms with Gasteiger partial charge in [-0.15, -0.1) is 0 Å². The summed E-state index contributed by atoms with van der Waals surface area (Å²) in [4.78, 5) is 25.2. The lowest BCUT2D eigenvalue weighted by Crippen LogP contribution is -2.31. The van der Waals surface area contributed by atoms with Crippen molar-refractivity contribution in [2.75, 3.05) is 4.90 Å². The van der Waals surface area contributed by atoms with Crippen LogP contribution in [0.1, 0.15) is 51.3 Å². The van der Waals surface area contributed by atoms with Crippen LogP contribution >= 0.6 is 0 Å². The van der Waals surface area contributed by atoms with Crippen molar-refractivity contribution in [3.63, 3.8) is 0 Å². The van der Waals surface area contributed by atoms with E-state index in [9.17, 15) is 4.79 Å². The largest absolute Gasteiger partial charge is 0.384 e. The number of carbonyl (C=O) groups is 1. The summed E-state index contributed by atoms with van der Waals surface area (Å²) < 4.78 is 2.33. The Morgan fingerprint density at radius 2 is 1.62 bits per heavy atom. The third-order valence-corrected chi connectivity index (χ3v) is 7.88. The Kier molecular flexibility index (Phi) is 7.79.